The van der Waals surface area contributed by atoms with Crippen LogP contribution in [-0.4, -0.2) is 34.7 Å². The van der Waals surface area contributed by atoms with Crippen LogP contribution >= 0.6 is 0 Å². The molecule has 1 heterocycles. The SMILES string of the molecule is Cc1cnn(C(C)C(=O)N(C)C)c1. The Balaban J connectivity index is 2.79. The minimum Gasteiger partial charge on any atom is -0.347 e. The highest BCUT2D eigenvalue weighted by molar-refractivity contribution is 5.79. The molecule has 1 aromatic rings. The van der Waals surface area contributed by atoms with Crippen molar-refractivity contribution in [3.8, 4) is 0 Å². The first kappa shape index (κ1) is 9.77. The Morgan fingerprint density at radius 3 is 2.62 bits per heavy atom. The van der Waals surface area contributed by atoms with Crippen LogP contribution in [0.15, 0.2) is 12.4 Å². The number of carbonyl (C=O) groups excluding carboxylic acids is 1. The quantitative estimate of drug-likeness (QED) is 0.678. The third-order valence-electron chi connectivity index (χ3n) is 1.93. The predicted octanol–water partition coefficient (Wildman–Crippen LogP) is 0.841. The number of likely N-dealkylation sites (N-methyl/N-ethyl adjacent to an activating group) is 1. The van der Waals surface area contributed by atoms with Gasteiger partial charge in [0.2, 0.25) is 5.91 Å². The molecule has 0 aliphatic carbocycles. The van der Waals surface area contributed by atoms with E-state index in [1.165, 1.54) is 0 Å². The van der Waals surface area contributed by atoms with E-state index in [1.807, 2.05) is 20.0 Å². The van der Waals surface area contributed by atoms with E-state index in [0.717, 1.165) is 5.56 Å². The normalized spacial score (nSPS) is 12.6. The molecule has 0 saturated carbocycles. The van der Waals surface area contributed by atoms with Gasteiger partial charge in [0.15, 0.2) is 0 Å². The predicted molar refractivity (Wildman–Crippen MR) is 50.4 cm³/mol. The van der Waals surface area contributed by atoms with E-state index in [1.54, 1.807) is 29.9 Å². The number of nitrogens with zero attached hydrogens (tertiary/aromatic N) is 3. The van der Waals surface area contributed by atoms with Crippen molar-refractivity contribution >= 4 is 5.91 Å². The van der Waals surface area contributed by atoms with Crippen molar-refractivity contribution in [2.75, 3.05) is 14.1 Å². The Hall–Kier alpha value is -1.32. The molecule has 0 N–H and O–H groups in total. The number of amides is 1. The Morgan fingerprint density at radius 1 is 1.62 bits per heavy atom. The highest BCUT2D eigenvalue weighted by Gasteiger charge is 2.16. The van der Waals surface area contributed by atoms with Crippen LogP contribution in [0.2, 0.25) is 0 Å². The van der Waals surface area contributed by atoms with Crippen molar-refractivity contribution in [2.24, 2.45) is 0 Å². The number of hydrogen-bond acceptors (Lipinski definition) is 2. The lowest BCUT2D eigenvalue weighted by molar-refractivity contribution is -0.131. The molecule has 0 radical (unpaired) electrons. The fraction of sp³-hybridized carbons (Fsp3) is 0.556. The van der Waals surface area contributed by atoms with Crippen molar-refractivity contribution < 1.29 is 4.79 Å². The van der Waals surface area contributed by atoms with Crippen molar-refractivity contribution in [3.63, 3.8) is 0 Å². The van der Waals surface area contributed by atoms with Crippen LogP contribution in [0.5, 0.6) is 0 Å². The molecule has 4 nitrogen and oxygen atoms in total. The van der Waals surface area contributed by atoms with Crippen LogP contribution < -0.4 is 0 Å². The molecule has 0 bridgehead atoms. The zero-order valence-electron chi connectivity index (χ0n) is 8.48. The lowest BCUT2D eigenvalue weighted by atomic mass is 10.3. The number of rotatable bonds is 2. The zero-order chi connectivity index (χ0) is 10.0. The highest BCUT2D eigenvalue weighted by atomic mass is 16.2. The maximum atomic E-state index is 11.5. The Bertz CT molecular complexity index is 304. The molecular formula is C9H15N3O. The molecule has 0 spiro atoms. The summed E-state index contributed by atoms with van der Waals surface area (Å²) in [5, 5.41) is 4.09. The van der Waals surface area contributed by atoms with Crippen molar-refractivity contribution in [3.05, 3.63) is 18.0 Å². The number of carbonyl (C=O) groups is 1. The number of aryl methyl sites for hydroxylation is 1. The molecule has 0 saturated heterocycles. The minimum atomic E-state index is -0.219. The lowest BCUT2D eigenvalue weighted by Crippen LogP contribution is -2.30. The number of hydrogen-bond donors (Lipinski definition) is 0. The molecule has 1 aromatic heterocycles. The topological polar surface area (TPSA) is 38.1 Å². The maximum Gasteiger partial charge on any atom is 0.246 e. The van der Waals surface area contributed by atoms with Gasteiger partial charge in [-0.15, -0.1) is 0 Å². The van der Waals surface area contributed by atoms with Gasteiger partial charge >= 0.3 is 0 Å². The maximum absolute atomic E-state index is 11.5. The monoisotopic (exact) mass is 181 g/mol. The summed E-state index contributed by atoms with van der Waals surface area (Å²) in [5.74, 6) is 0.0584. The van der Waals surface area contributed by atoms with Gasteiger partial charge in [-0.05, 0) is 19.4 Å². The fourth-order valence-electron chi connectivity index (χ4n) is 1.13. The first-order valence-corrected chi connectivity index (χ1v) is 4.24. The molecule has 13 heavy (non-hydrogen) atoms. The molecule has 1 rings (SSSR count). The lowest BCUT2D eigenvalue weighted by Gasteiger charge is -2.16. The van der Waals surface area contributed by atoms with E-state index in [9.17, 15) is 4.79 Å². The van der Waals surface area contributed by atoms with Gasteiger partial charge in [0.05, 0.1) is 6.20 Å². The van der Waals surface area contributed by atoms with E-state index in [4.69, 9.17) is 0 Å². The van der Waals surface area contributed by atoms with Gasteiger partial charge in [-0.2, -0.15) is 5.10 Å². The molecule has 72 valence electrons. The van der Waals surface area contributed by atoms with Gasteiger partial charge < -0.3 is 4.90 Å². The average Bonchev–Trinajstić information content (AvgIpc) is 2.49. The van der Waals surface area contributed by atoms with Gasteiger partial charge in [-0.25, -0.2) is 0 Å². The largest absolute Gasteiger partial charge is 0.347 e. The van der Waals surface area contributed by atoms with Crippen molar-refractivity contribution in [2.45, 2.75) is 19.9 Å². The molecule has 1 amide bonds. The number of aromatic nitrogens is 2. The third kappa shape index (κ3) is 2.08. The first-order chi connectivity index (χ1) is 6.02. The van der Waals surface area contributed by atoms with E-state index in [-0.39, 0.29) is 11.9 Å². The first-order valence-electron chi connectivity index (χ1n) is 4.24. The standard InChI is InChI=1S/C9H15N3O/c1-7-5-10-12(6-7)8(2)9(13)11(3)4/h5-6,8H,1-4H3. The summed E-state index contributed by atoms with van der Waals surface area (Å²) < 4.78 is 1.68. The van der Waals surface area contributed by atoms with Crippen LogP contribution in [0, 0.1) is 6.92 Å². The van der Waals surface area contributed by atoms with Gasteiger partial charge in [-0.1, -0.05) is 0 Å². The van der Waals surface area contributed by atoms with E-state index in [2.05, 4.69) is 5.10 Å². The second-order valence-corrected chi connectivity index (χ2v) is 3.41. The third-order valence-corrected chi connectivity index (χ3v) is 1.93. The average molecular weight is 181 g/mol. The van der Waals surface area contributed by atoms with Crippen molar-refractivity contribution in [1.29, 1.82) is 0 Å². The molecule has 4 heteroatoms. The second-order valence-electron chi connectivity index (χ2n) is 3.41. The molecule has 0 fully saturated rings. The summed E-state index contributed by atoms with van der Waals surface area (Å²) in [7, 11) is 3.49. The second kappa shape index (κ2) is 3.60. The van der Waals surface area contributed by atoms with Crippen LogP contribution in [-0.2, 0) is 4.79 Å². The van der Waals surface area contributed by atoms with Crippen LogP contribution in [0.25, 0.3) is 0 Å². The zero-order valence-corrected chi connectivity index (χ0v) is 8.48. The van der Waals surface area contributed by atoms with Crippen molar-refractivity contribution in [1.82, 2.24) is 14.7 Å². The minimum absolute atomic E-state index is 0.0584. The van der Waals surface area contributed by atoms with Crippen LogP contribution in [0.4, 0.5) is 0 Å². The highest BCUT2D eigenvalue weighted by Crippen LogP contribution is 2.07. The van der Waals surface area contributed by atoms with Crippen LogP contribution in [0.1, 0.15) is 18.5 Å². The molecular weight excluding hydrogens is 166 g/mol. The molecule has 1 unspecified atom stereocenters. The van der Waals surface area contributed by atoms with E-state index < -0.39 is 0 Å². The van der Waals surface area contributed by atoms with Gasteiger partial charge in [0, 0.05) is 20.3 Å². The summed E-state index contributed by atoms with van der Waals surface area (Å²) in [4.78, 5) is 13.1. The summed E-state index contributed by atoms with van der Waals surface area (Å²) >= 11 is 0. The van der Waals surface area contributed by atoms with E-state index >= 15 is 0 Å². The Morgan fingerprint density at radius 2 is 2.23 bits per heavy atom. The summed E-state index contributed by atoms with van der Waals surface area (Å²) in [5.41, 5.74) is 1.07. The Kier molecular flexibility index (Phi) is 2.70. The van der Waals surface area contributed by atoms with Gasteiger partial charge in [0.25, 0.3) is 0 Å². The molecule has 1 atom stereocenters. The fourth-order valence-corrected chi connectivity index (χ4v) is 1.13. The smallest absolute Gasteiger partial charge is 0.246 e. The molecule has 0 aliphatic heterocycles. The molecule has 0 aromatic carbocycles. The van der Waals surface area contributed by atoms with Crippen LogP contribution in [0.3, 0.4) is 0 Å². The molecule has 0 aliphatic rings. The summed E-state index contributed by atoms with van der Waals surface area (Å²) in [6, 6.07) is -0.219. The summed E-state index contributed by atoms with van der Waals surface area (Å²) in [6.07, 6.45) is 3.62. The van der Waals surface area contributed by atoms with E-state index in [0.29, 0.717) is 0 Å². The summed E-state index contributed by atoms with van der Waals surface area (Å²) in [6.45, 7) is 3.80. The Labute approximate surface area is 78.1 Å². The van der Waals surface area contributed by atoms with Gasteiger partial charge in [-0.3, -0.25) is 9.48 Å². The van der Waals surface area contributed by atoms with Gasteiger partial charge in [0.1, 0.15) is 6.04 Å².